The second-order valence-electron chi connectivity index (χ2n) is 4.45. The van der Waals surface area contributed by atoms with E-state index >= 15 is 0 Å². The lowest BCUT2D eigenvalue weighted by Crippen LogP contribution is -2.14. The summed E-state index contributed by atoms with van der Waals surface area (Å²) < 4.78 is 0. The summed E-state index contributed by atoms with van der Waals surface area (Å²) in [4.78, 5) is 22.6. The van der Waals surface area contributed by atoms with Gasteiger partial charge < -0.3 is 10.4 Å². The minimum atomic E-state index is -0.555. The normalized spacial score (nSPS) is 10.3. The monoisotopic (exact) mass is 340 g/mol. The number of halogens is 2. The van der Waals surface area contributed by atoms with Gasteiger partial charge >= 0.3 is 0 Å². The summed E-state index contributed by atoms with van der Waals surface area (Å²) in [6.07, 6.45) is 0. The molecule has 0 heterocycles. The first-order chi connectivity index (χ1) is 10.3. The molecule has 0 bridgehead atoms. The summed E-state index contributed by atoms with van der Waals surface area (Å²) in [5.41, 5.74) is 0.536. The van der Waals surface area contributed by atoms with Crippen LogP contribution >= 0.6 is 23.2 Å². The number of nitrogens with zero attached hydrogens (tertiary/aromatic N) is 1. The Morgan fingerprint density at radius 1 is 1.27 bits per heavy atom. The Morgan fingerprint density at radius 3 is 2.41 bits per heavy atom. The van der Waals surface area contributed by atoms with Crippen LogP contribution in [0.15, 0.2) is 30.3 Å². The van der Waals surface area contributed by atoms with Gasteiger partial charge in [0, 0.05) is 22.9 Å². The molecule has 1 amide bonds. The van der Waals surface area contributed by atoms with Crippen molar-refractivity contribution in [3.05, 3.63) is 61.6 Å². The molecule has 114 valence electrons. The van der Waals surface area contributed by atoms with Crippen LogP contribution in [0.25, 0.3) is 0 Å². The predicted octanol–water partition coefficient (Wildman–Crippen LogP) is 4.17. The summed E-state index contributed by atoms with van der Waals surface area (Å²) in [6.45, 7) is 1.49. The molecule has 0 unspecified atom stereocenters. The van der Waals surface area contributed by atoms with Gasteiger partial charge in [-0.2, -0.15) is 0 Å². The van der Waals surface area contributed by atoms with Crippen LogP contribution in [0.1, 0.15) is 15.9 Å². The van der Waals surface area contributed by atoms with E-state index in [1.54, 1.807) is 0 Å². The van der Waals surface area contributed by atoms with E-state index in [1.807, 2.05) is 0 Å². The quantitative estimate of drug-likeness (QED) is 0.498. The number of phenolic OH excluding ortho intramolecular Hbond substituents is 1. The van der Waals surface area contributed by atoms with Crippen LogP contribution in [0.3, 0.4) is 0 Å². The number of anilines is 1. The van der Waals surface area contributed by atoms with Crippen LogP contribution in [0.5, 0.6) is 5.75 Å². The third-order valence-corrected chi connectivity index (χ3v) is 3.60. The molecule has 6 nitrogen and oxygen atoms in total. The lowest BCUT2D eigenvalue weighted by atomic mass is 10.1. The van der Waals surface area contributed by atoms with Crippen LogP contribution in [0.2, 0.25) is 10.0 Å². The number of phenols is 1. The molecule has 0 saturated carbocycles. The molecular formula is C14H10Cl2N2O4. The number of rotatable bonds is 3. The second-order valence-corrected chi connectivity index (χ2v) is 5.26. The number of nitrogens with one attached hydrogen (secondary N) is 1. The van der Waals surface area contributed by atoms with Gasteiger partial charge in [-0.15, -0.1) is 0 Å². The lowest BCUT2D eigenvalue weighted by Gasteiger charge is -2.09. The fraction of sp³-hybridized carbons (Fsp3) is 0.0714. The third-order valence-electron chi connectivity index (χ3n) is 3.02. The highest BCUT2D eigenvalue weighted by Gasteiger charge is 2.18. The number of carbonyl (C=O) groups is 1. The largest absolute Gasteiger partial charge is 0.505 e. The van der Waals surface area contributed by atoms with Crippen LogP contribution in [-0.4, -0.2) is 15.9 Å². The van der Waals surface area contributed by atoms with Crippen molar-refractivity contribution in [3.63, 3.8) is 0 Å². The van der Waals surface area contributed by atoms with Crippen LogP contribution in [-0.2, 0) is 0 Å². The molecule has 2 aromatic rings. The summed E-state index contributed by atoms with van der Waals surface area (Å²) in [5, 5.41) is 22.9. The molecule has 0 spiro atoms. The number of nitro groups is 1. The van der Waals surface area contributed by atoms with E-state index in [1.165, 1.54) is 37.3 Å². The molecule has 2 aromatic carbocycles. The van der Waals surface area contributed by atoms with Crippen molar-refractivity contribution in [3.8, 4) is 5.75 Å². The van der Waals surface area contributed by atoms with E-state index in [4.69, 9.17) is 23.2 Å². The predicted molar refractivity (Wildman–Crippen MR) is 83.9 cm³/mol. The van der Waals surface area contributed by atoms with E-state index in [2.05, 4.69) is 5.32 Å². The zero-order valence-electron chi connectivity index (χ0n) is 11.3. The number of hydrogen-bond acceptors (Lipinski definition) is 4. The Bertz CT molecular complexity index is 754. The molecule has 2 rings (SSSR count). The number of aromatic hydroxyl groups is 1. The molecule has 0 saturated heterocycles. The zero-order chi connectivity index (χ0) is 16.4. The first-order valence-electron chi connectivity index (χ1n) is 6.04. The first-order valence-corrected chi connectivity index (χ1v) is 6.80. The van der Waals surface area contributed by atoms with Gasteiger partial charge in [-0.05, 0) is 25.1 Å². The van der Waals surface area contributed by atoms with E-state index in [-0.39, 0.29) is 38.3 Å². The van der Waals surface area contributed by atoms with Gasteiger partial charge in [-0.1, -0.05) is 29.3 Å². The van der Waals surface area contributed by atoms with E-state index in [0.717, 1.165) is 0 Å². The minimum absolute atomic E-state index is 0.0152. The van der Waals surface area contributed by atoms with Gasteiger partial charge in [0.25, 0.3) is 11.6 Å². The van der Waals surface area contributed by atoms with Gasteiger partial charge in [-0.25, -0.2) is 0 Å². The van der Waals surface area contributed by atoms with Crippen molar-refractivity contribution in [2.75, 3.05) is 5.32 Å². The van der Waals surface area contributed by atoms with Crippen molar-refractivity contribution in [2.24, 2.45) is 0 Å². The molecule has 2 N–H and O–H groups in total. The van der Waals surface area contributed by atoms with Crippen LogP contribution in [0, 0.1) is 17.0 Å². The molecule has 0 aliphatic rings. The van der Waals surface area contributed by atoms with E-state index in [9.17, 15) is 20.0 Å². The number of nitro benzene ring substituents is 1. The van der Waals surface area contributed by atoms with Crippen molar-refractivity contribution in [1.82, 2.24) is 0 Å². The highest BCUT2D eigenvalue weighted by atomic mass is 35.5. The van der Waals surface area contributed by atoms with Gasteiger partial charge in [0.1, 0.15) is 0 Å². The van der Waals surface area contributed by atoms with Crippen molar-refractivity contribution in [2.45, 2.75) is 6.92 Å². The molecular weight excluding hydrogens is 331 g/mol. The average molecular weight is 341 g/mol. The third kappa shape index (κ3) is 3.13. The Kier molecular flexibility index (Phi) is 4.54. The molecule has 8 heteroatoms. The molecule has 0 aliphatic heterocycles. The van der Waals surface area contributed by atoms with Crippen LogP contribution in [0.4, 0.5) is 11.4 Å². The molecule has 0 radical (unpaired) electrons. The van der Waals surface area contributed by atoms with Gasteiger partial charge in [-0.3, -0.25) is 14.9 Å². The number of carbonyl (C=O) groups excluding carboxylic acids is 1. The van der Waals surface area contributed by atoms with Crippen molar-refractivity contribution in [1.29, 1.82) is 0 Å². The fourth-order valence-corrected chi connectivity index (χ4v) is 2.39. The molecule has 0 fully saturated rings. The van der Waals surface area contributed by atoms with Crippen molar-refractivity contribution < 1.29 is 14.8 Å². The summed E-state index contributed by atoms with van der Waals surface area (Å²) in [7, 11) is 0. The Morgan fingerprint density at radius 2 is 1.86 bits per heavy atom. The lowest BCUT2D eigenvalue weighted by molar-refractivity contribution is -0.385. The highest BCUT2D eigenvalue weighted by Crippen LogP contribution is 2.35. The molecule has 22 heavy (non-hydrogen) atoms. The van der Waals surface area contributed by atoms with Crippen molar-refractivity contribution >= 4 is 40.5 Å². The standard InChI is InChI=1S/C14H10Cl2N2O4/c1-7-9(3-2-4-12(7)18(21)22)14(20)17-8-5-10(15)13(19)11(16)6-8/h2-6,19H,1H3,(H,17,20). The van der Waals surface area contributed by atoms with Gasteiger partial charge in [0.05, 0.1) is 15.0 Å². The number of benzene rings is 2. The fourth-order valence-electron chi connectivity index (χ4n) is 1.90. The molecule has 0 aliphatic carbocycles. The van der Waals surface area contributed by atoms with Gasteiger partial charge in [0.15, 0.2) is 5.75 Å². The number of amides is 1. The molecule has 0 aromatic heterocycles. The second kappa shape index (κ2) is 6.21. The summed E-state index contributed by atoms with van der Waals surface area (Å²) in [6, 6.07) is 6.87. The van der Waals surface area contributed by atoms with E-state index < -0.39 is 10.8 Å². The highest BCUT2D eigenvalue weighted by molar-refractivity contribution is 6.37. The smallest absolute Gasteiger partial charge is 0.273 e. The Labute approximate surface area is 135 Å². The van der Waals surface area contributed by atoms with E-state index in [0.29, 0.717) is 0 Å². The Hall–Kier alpha value is -2.31. The maximum atomic E-state index is 12.2. The van der Waals surface area contributed by atoms with Crippen LogP contribution < -0.4 is 5.32 Å². The van der Waals surface area contributed by atoms with Gasteiger partial charge in [0.2, 0.25) is 0 Å². The summed E-state index contributed by atoms with van der Waals surface area (Å²) in [5.74, 6) is -0.827. The Balaban J connectivity index is 2.34. The average Bonchev–Trinajstić information content (AvgIpc) is 2.44. The zero-order valence-corrected chi connectivity index (χ0v) is 12.8. The first kappa shape index (κ1) is 16.1. The topological polar surface area (TPSA) is 92.5 Å². The number of hydrogen-bond donors (Lipinski definition) is 2. The summed E-state index contributed by atoms with van der Waals surface area (Å²) >= 11 is 11.5. The molecule has 0 atom stereocenters. The maximum Gasteiger partial charge on any atom is 0.273 e. The SMILES string of the molecule is Cc1c(C(=O)Nc2cc(Cl)c(O)c(Cl)c2)cccc1[N+](=O)[O-]. The minimum Gasteiger partial charge on any atom is -0.505 e. The maximum absolute atomic E-state index is 12.2.